The van der Waals surface area contributed by atoms with Gasteiger partial charge in [0.15, 0.2) is 0 Å². The lowest BCUT2D eigenvalue weighted by molar-refractivity contribution is 0.355. The van der Waals surface area contributed by atoms with Crippen LogP contribution in [0.1, 0.15) is 33.3 Å². The molecule has 1 aromatic rings. The molecule has 0 amide bonds. The lowest BCUT2D eigenvalue weighted by Gasteiger charge is -2.07. The first-order valence-electron chi connectivity index (χ1n) is 7.28. The van der Waals surface area contributed by atoms with E-state index >= 15 is 0 Å². The standard InChI is InChI=1S/C15H15NO.2C2H6/c1-4-5-14(10-16)13(3)11-17-15-8-6-12(2)7-9-15;2*1-2/h4-9H,1,3,11H2,2H3;2*1-2H3/b14-5-;;. The van der Waals surface area contributed by atoms with Crippen LogP contribution >= 0.6 is 0 Å². The van der Waals surface area contributed by atoms with Crippen molar-refractivity contribution in [2.75, 3.05) is 6.61 Å². The molecule has 0 aromatic heterocycles. The number of nitriles is 1. The van der Waals surface area contributed by atoms with Crippen LogP contribution in [-0.2, 0) is 0 Å². The average Bonchev–Trinajstić information content (AvgIpc) is 2.55. The molecule has 0 aliphatic rings. The van der Waals surface area contributed by atoms with Crippen molar-refractivity contribution in [1.82, 2.24) is 0 Å². The minimum absolute atomic E-state index is 0.302. The van der Waals surface area contributed by atoms with Crippen LogP contribution in [0.5, 0.6) is 5.75 Å². The molecule has 0 spiro atoms. The van der Waals surface area contributed by atoms with Crippen molar-refractivity contribution in [1.29, 1.82) is 5.26 Å². The number of ether oxygens (including phenoxy) is 1. The smallest absolute Gasteiger partial charge is 0.119 e. The zero-order valence-electron chi connectivity index (χ0n) is 13.9. The SMILES string of the molecule is C=C/C=C(/C#N)C(=C)COc1ccc(C)cc1.CC.CC. The summed E-state index contributed by atoms with van der Waals surface area (Å²) in [5.74, 6) is 0.771. The summed E-state index contributed by atoms with van der Waals surface area (Å²) in [6, 6.07) is 9.80. The maximum atomic E-state index is 8.88. The van der Waals surface area contributed by atoms with E-state index in [0.717, 1.165) is 5.75 Å². The number of benzene rings is 1. The molecule has 114 valence electrons. The molecule has 1 aromatic carbocycles. The van der Waals surface area contributed by atoms with Crippen molar-refractivity contribution in [2.24, 2.45) is 0 Å². The molecule has 0 heterocycles. The highest BCUT2D eigenvalue weighted by Gasteiger charge is 2.02. The first kappa shape index (κ1) is 21.0. The van der Waals surface area contributed by atoms with Crippen LogP contribution in [0.2, 0.25) is 0 Å². The predicted molar refractivity (Wildman–Crippen MR) is 92.4 cm³/mol. The van der Waals surface area contributed by atoms with Gasteiger partial charge in [-0.2, -0.15) is 5.26 Å². The fraction of sp³-hybridized carbons (Fsp3) is 0.316. The molecule has 0 atom stereocenters. The quantitative estimate of drug-likeness (QED) is 0.519. The fourth-order valence-electron chi connectivity index (χ4n) is 1.23. The van der Waals surface area contributed by atoms with Crippen LogP contribution in [0.25, 0.3) is 0 Å². The Morgan fingerprint density at radius 3 is 2.14 bits per heavy atom. The van der Waals surface area contributed by atoms with Crippen LogP contribution in [0.4, 0.5) is 0 Å². The molecule has 2 heteroatoms. The minimum atomic E-state index is 0.302. The van der Waals surface area contributed by atoms with E-state index in [1.807, 2.05) is 58.9 Å². The molecule has 0 aliphatic carbocycles. The summed E-state index contributed by atoms with van der Waals surface area (Å²) in [7, 11) is 0. The van der Waals surface area contributed by atoms with E-state index in [9.17, 15) is 0 Å². The lowest BCUT2D eigenvalue weighted by Crippen LogP contribution is -2.01. The third-order valence-electron chi connectivity index (χ3n) is 2.22. The number of hydrogen-bond donors (Lipinski definition) is 0. The zero-order chi connectivity index (χ0) is 16.7. The summed E-state index contributed by atoms with van der Waals surface area (Å²) < 4.78 is 5.53. The van der Waals surface area contributed by atoms with Crippen LogP contribution in [-0.4, -0.2) is 6.61 Å². The van der Waals surface area contributed by atoms with Gasteiger partial charge in [0, 0.05) is 0 Å². The Labute approximate surface area is 130 Å². The van der Waals surface area contributed by atoms with Crippen molar-refractivity contribution >= 4 is 0 Å². The monoisotopic (exact) mass is 285 g/mol. The van der Waals surface area contributed by atoms with Crippen LogP contribution in [0.15, 0.2) is 60.7 Å². The van der Waals surface area contributed by atoms with Gasteiger partial charge in [-0.15, -0.1) is 0 Å². The number of allylic oxidation sites excluding steroid dienone is 2. The number of rotatable bonds is 5. The van der Waals surface area contributed by atoms with Crippen LogP contribution in [0.3, 0.4) is 0 Å². The molecule has 0 bridgehead atoms. The van der Waals surface area contributed by atoms with Crippen LogP contribution in [0, 0.1) is 18.3 Å². The zero-order valence-corrected chi connectivity index (χ0v) is 13.9. The Kier molecular flexibility index (Phi) is 14.2. The molecule has 0 saturated heterocycles. The van der Waals surface area contributed by atoms with Gasteiger partial charge in [0.1, 0.15) is 12.4 Å². The van der Waals surface area contributed by atoms with E-state index in [4.69, 9.17) is 10.00 Å². The van der Waals surface area contributed by atoms with Gasteiger partial charge in [0.2, 0.25) is 0 Å². The van der Waals surface area contributed by atoms with E-state index in [1.54, 1.807) is 12.2 Å². The van der Waals surface area contributed by atoms with Gasteiger partial charge in [-0.3, -0.25) is 0 Å². The molecule has 1 rings (SSSR count). The van der Waals surface area contributed by atoms with E-state index in [2.05, 4.69) is 19.2 Å². The second-order valence-electron chi connectivity index (χ2n) is 3.63. The molecule has 0 aliphatic heterocycles. The van der Waals surface area contributed by atoms with Gasteiger partial charge in [-0.1, -0.05) is 64.6 Å². The highest BCUT2D eigenvalue weighted by Crippen LogP contribution is 2.14. The molecule has 2 nitrogen and oxygen atoms in total. The molecule has 0 radical (unpaired) electrons. The number of hydrogen-bond acceptors (Lipinski definition) is 2. The lowest BCUT2D eigenvalue weighted by atomic mass is 10.1. The Balaban J connectivity index is 0. The Bertz CT molecular complexity index is 475. The summed E-state index contributed by atoms with van der Waals surface area (Å²) >= 11 is 0. The molecule has 0 saturated carbocycles. The van der Waals surface area contributed by atoms with E-state index in [0.29, 0.717) is 17.8 Å². The summed E-state index contributed by atoms with van der Waals surface area (Å²) in [6.45, 7) is 17.7. The Hall–Kier alpha value is -2.27. The molecular formula is C19H27NO. The summed E-state index contributed by atoms with van der Waals surface area (Å²) in [5.41, 5.74) is 2.32. The minimum Gasteiger partial charge on any atom is -0.489 e. The number of aryl methyl sites for hydroxylation is 1. The first-order chi connectivity index (χ1) is 10.2. The van der Waals surface area contributed by atoms with Crippen molar-refractivity contribution in [3.63, 3.8) is 0 Å². The van der Waals surface area contributed by atoms with Crippen molar-refractivity contribution in [2.45, 2.75) is 34.6 Å². The maximum Gasteiger partial charge on any atom is 0.119 e. The highest BCUT2D eigenvalue weighted by molar-refractivity contribution is 5.42. The van der Waals surface area contributed by atoms with Crippen LogP contribution < -0.4 is 4.74 Å². The second-order valence-corrected chi connectivity index (χ2v) is 3.63. The Morgan fingerprint density at radius 2 is 1.71 bits per heavy atom. The van der Waals surface area contributed by atoms with Gasteiger partial charge in [-0.25, -0.2) is 0 Å². The number of nitrogens with zero attached hydrogens (tertiary/aromatic N) is 1. The van der Waals surface area contributed by atoms with Gasteiger partial charge < -0.3 is 4.74 Å². The first-order valence-corrected chi connectivity index (χ1v) is 7.28. The predicted octanol–water partition coefficient (Wildman–Crippen LogP) is 5.62. The van der Waals surface area contributed by atoms with Gasteiger partial charge >= 0.3 is 0 Å². The van der Waals surface area contributed by atoms with Gasteiger partial charge in [0.05, 0.1) is 11.6 Å². The largest absolute Gasteiger partial charge is 0.489 e. The average molecular weight is 285 g/mol. The molecular weight excluding hydrogens is 258 g/mol. The molecule has 0 fully saturated rings. The van der Waals surface area contributed by atoms with Crippen molar-refractivity contribution < 1.29 is 4.74 Å². The third-order valence-corrected chi connectivity index (χ3v) is 2.22. The Morgan fingerprint density at radius 1 is 1.19 bits per heavy atom. The highest BCUT2D eigenvalue weighted by atomic mass is 16.5. The van der Waals surface area contributed by atoms with Gasteiger partial charge in [0.25, 0.3) is 0 Å². The topological polar surface area (TPSA) is 33.0 Å². The van der Waals surface area contributed by atoms with Gasteiger partial charge in [-0.05, 0) is 30.7 Å². The molecule has 21 heavy (non-hydrogen) atoms. The van der Waals surface area contributed by atoms with Crippen molar-refractivity contribution in [3.8, 4) is 11.8 Å². The van der Waals surface area contributed by atoms with Crippen molar-refractivity contribution in [3.05, 3.63) is 66.3 Å². The van der Waals surface area contributed by atoms with E-state index in [1.165, 1.54) is 5.56 Å². The van der Waals surface area contributed by atoms with E-state index in [-0.39, 0.29) is 0 Å². The summed E-state index contributed by atoms with van der Waals surface area (Å²) in [5, 5.41) is 8.88. The molecule has 0 N–H and O–H groups in total. The third kappa shape index (κ3) is 9.29. The summed E-state index contributed by atoms with van der Waals surface area (Å²) in [4.78, 5) is 0. The second kappa shape index (κ2) is 14.1. The fourth-order valence-corrected chi connectivity index (χ4v) is 1.23. The van der Waals surface area contributed by atoms with E-state index < -0.39 is 0 Å². The summed E-state index contributed by atoms with van der Waals surface area (Å²) in [6.07, 6.45) is 3.19. The maximum absolute atomic E-state index is 8.88. The molecule has 0 unspecified atom stereocenters. The normalized spacial score (nSPS) is 9.05.